The molecule has 0 bridgehead atoms. The van der Waals surface area contributed by atoms with Crippen LogP contribution in [0.25, 0.3) is 0 Å². The Morgan fingerprint density at radius 1 is 1.35 bits per heavy atom. The molecule has 1 atom stereocenters. The molecule has 7 nitrogen and oxygen atoms in total. The number of allylic oxidation sites excluding steroid dienone is 2. The molecule has 8 heteroatoms. The second-order valence-corrected chi connectivity index (χ2v) is 5.78. The minimum Gasteiger partial charge on any atom is -0.453 e. The van der Waals surface area contributed by atoms with Crippen LogP contribution in [0.3, 0.4) is 0 Å². The normalized spacial score (nSPS) is 21.9. The molecule has 26 heavy (non-hydrogen) atoms. The molecule has 0 saturated carbocycles. The summed E-state index contributed by atoms with van der Waals surface area (Å²) in [5.41, 5.74) is 1.11. The van der Waals surface area contributed by atoms with Crippen molar-refractivity contribution in [1.29, 1.82) is 0 Å². The van der Waals surface area contributed by atoms with Crippen LogP contribution >= 0.6 is 12.6 Å². The molecule has 1 unspecified atom stereocenters. The van der Waals surface area contributed by atoms with Crippen molar-refractivity contribution in [2.45, 2.75) is 39.2 Å². The summed E-state index contributed by atoms with van der Waals surface area (Å²) in [6, 6.07) is -0.622. The van der Waals surface area contributed by atoms with Gasteiger partial charge in [-0.05, 0) is 24.5 Å². The fraction of sp³-hybridized carbons (Fsp3) is 0.444. The monoisotopic (exact) mass is 380 g/mol. The fourth-order valence-electron chi connectivity index (χ4n) is 2.70. The molecule has 142 valence electrons. The van der Waals surface area contributed by atoms with E-state index >= 15 is 0 Å². The van der Waals surface area contributed by atoms with Crippen LogP contribution < -0.4 is 5.32 Å². The number of nitrogens with zero attached hydrogens (tertiary/aromatic N) is 1. The van der Waals surface area contributed by atoms with E-state index in [1.54, 1.807) is 12.2 Å². The first kappa shape index (κ1) is 21.7. The largest absolute Gasteiger partial charge is 0.453 e. The molecule has 0 aliphatic carbocycles. The van der Waals surface area contributed by atoms with Crippen LogP contribution in [0, 0.1) is 0 Å². The summed E-state index contributed by atoms with van der Waals surface area (Å²) in [5.74, 6) is -1.01. The number of amides is 3. The lowest BCUT2D eigenvalue weighted by atomic mass is 10.0. The van der Waals surface area contributed by atoms with Crippen LogP contribution in [0.15, 0.2) is 36.0 Å². The summed E-state index contributed by atoms with van der Waals surface area (Å²) in [4.78, 5) is 47.9. The number of thiol groups is 1. The molecule has 2 rings (SSSR count). The Morgan fingerprint density at radius 3 is 2.62 bits per heavy atom. The van der Waals surface area contributed by atoms with Gasteiger partial charge in [0.25, 0.3) is 5.91 Å². The summed E-state index contributed by atoms with van der Waals surface area (Å²) in [5, 5.41) is 1.54. The Morgan fingerprint density at radius 2 is 2.04 bits per heavy atom. The number of likely N-dealkylation sites (tertiary alicyclic amines) is 1. The van der Waals surface area contributed by atoms with E-state index in [1.807, 2.05) is 13.8 Å². The van der Waals surface area contributed by atoms with E-state index in [0.717, 1.165) is 0 Å². The second kappa shape index (κ2) is 10.6. The molecule has 2 heterocycles. The SMILES string of the molecule is C=C/C=C(\C=C1/CCN(C2CCC(=O)NC2=O)C1=O)COC(=O)S.CC. The Hall–Kier alpha value is -2.35. The summed E-state index contributed by atoms with van der Waals surface area (Å²) < 4.78 is 4.81. The van der Waals surface area contributed by atoms with Gasteiger partial charge in [0.2, 0.25) is 11.8 Å². The zero-order chi connectivity index (χ0) is 19.7. The molecule has 2 fully saturated rings. The van der Waals surface area contributed by atoms with E-state index < -0.39 is 17.3 Å². The highest BCUT2D eigenvalue weighted by atomic mass is 32.1. The van der Waals surface area contributed by atoms with Crippen molar-refractivity contribution in [1.82, 2.24) is 10.2 Å². The van der Waals surface area contributed by atoms with Crippen molar-refractivity contribution in [2.24, 2.45) is 0 Å². The minimum atomic E-state index is -0.716. The Bertz CT molecular complexity index is 654. The highest BCUT2D eigenvalue weighted by Crippen LogP contribution is 2.24. The molecule has 0 aromatic carbocycles. The van der Waals surface area contributed by atoms with Crippen molar-refractivity contribution in [3.05, 3.63) is 36.0 Å². The van der Waals surface area contributed by atoms with E-state index in [1.165, 1.54) is 11.0 Å². The average molecular weight is 380 g/mol. The van der Waals surface area contributed by atoms with Crippen LogP contribution in [-0.4, -0.2) is 47.1 Å². The van der Waals surface area contributed by atoms with Gasteiger partial charge in [-0.15, -0.1) is 0 Å². The minimum absolute atomic E-state index is 0.0243. The highest BCUT2D eigenvalue weighted by molar-refractivity contribution is 7.96. The number of nitrogens with one attached hydrogen (secondary N) is 1. The van der Waals surface area contributed by atoms with E-state index in [2.05, 4.69) is 24.5 Å². The van der Waals surface area contributed by atoms with Crippen molar-refractivity contribution in [3.8, 4) is 0 Å². The van der Waals surface area contributed by atoms with Gasteiger partial charge in [0.05, 0.1) is 0 Å². The summed E-state index contributed by atoms with van der Waals surface area (Å²) in [6.07, 6.45) is 5.81. The van der Waals surface area contributed by atoms with Gasteiger partial charge in [-0.2, -0.15) is 0 Å². The first-order valence-electron chi connectivity index (χ1n) is 8.45. The van der Waals surface area contributed by atoms with Crippen molar-refractivity contribution in [3.63, 3.8) is 0 Å². The molecule has 3 amide bonds. The van der Waals surface area contributed by atoms with Gasteiger partial charge in [0.15, 0.2) is 0 Å². The lowest BCUT2D eigenvalue weighted by Crippen LogP contribution is -2.52. The number of piperidine rings is 1. The number of carbonyl (C=O) groups is 4. The molecule has 0 spiro atoms. The quantitative estimate of drug-likeness (QED) is 0.251. The predicted octanol–water partition coefficient (Wildman–Crippen LogP) is 2.16. The Labute approximate surface area is 158 Å². The lowest BCUT2D eigenvalue weighted by Gasteiger charge is -2.29. The third-order valence-electron chi connectivity index (χ3n) is 3.80. The molecular formula is C18H24N2O5S. The smallest absolute Gasteiger partial charge is 0.364 e. The topological polar surface area (TPSA) is 92.8 Å². The van der Waals surface area contributed by atoms with E-state index in [0.29, 0.717) is 30.5 Å². The number of rotatable bonds is 5. The van der Waals surface area contributed by atoms with Gasteiger partial charge in [0.1, 0.15) is 12.6 Å². The van der Waals surface area contributed by atoms with Gasteiger partial charge >= 0.3 is 5.30 Å². The summed E-state index contributed by atoms with van der Waals surface area (Å²) >= 11 is 3.53. The summed E-state index contributed by atoms with van der Waals surface area (Å²) in [7, 11) is 0. The van der Waals surface area contributed by atoms with Gasteiger partial charge in [-0.3, -0.25) is 19.7 Å². The fourth-order valence-corrected chi connectivity index (χ4v) is 2.77. The number of imide groups is 1. The van der Waals surface area contributed by atoms with Crippen molar-refractivity contribution >= 4 is 35.7 Å². The zero-order valence-corrected chi connectivity index (χ0v) is 15.9. The number of carbonyl (C=O) groups excluding carboxylic acids is 4. The number of ether oxygens (including phenoxy) is 1. The Balaban J connectivity index is 0.00000163. The third-order valence-corrected chi connectivity index (χ3v) is 3.93. The number of hydrogen-bond acceptors (Lipinski definition) is 5. The highest BCUT2D eigenvalue weighted by Gasteiger charge is 2.38. The molecule has 0 aromatic rings. The van der Waals surface area contributed by atoms with Gasteiger partial charge in [-0.1, -0.05) is 45.2 Å². The van der Waals surface area contributed by atoms with Crippen LogP contribution in [0.5, 0.6) is 0 Å². The predicted molar refractivity (Wildman–Crippen MR) is 101 cm³/mol. The van der Waals surface area contributed by atoms with E-state index in [-0.39, 0.29) is 24.8 Å². The molecular weight excluding hydrogens is 356 g/mol. The molecule has 2 aliphatic rings. The van der Waals surface area contributed by atoms with E-state index in [9.17, 15) is 19.2 Å². The van der Waals surface area contributed by atoms with Gasteiger partial charge in [-0.25, -0.2) is 4.79 Å². The Kier molecular flexibility index (Phi) is 8.84. The third kappa shape index (κ3) is 5.87. The average Bonchev–Trinajstić information content (AvgIpc) is 2.95. The second-order valence-electron chi connectivity index (χ2n) is 5.42. The van der Waals surface area contributed by atoms with Gasteiger partial charge in [0, 0.05) is 18.5 Å². The maximum absolute atomic E-state index is 12.5. The molecule has 0 aromatic heterocycles. The van der Waals surface area contributed by atoms with E-state index in [4.69, 9.17) is 4.74 Å². The molecule has 0 radical (unpaired) electrons. The van der Waals surface area contributed by atoms with Crippen LogP contribution in [-0.2, 0) is 19.1 Å². The van der Waals surface area contributed by atoms with Crippen molar-refractivity contribution in [2.75, 3.05) is 13.2 Å². The molecule has 1 N–H and O–H groups in total. The summed E-state index contributed by atoms with van der Waals surface area (Å²) in [6.45, 7) is 7.96. The maximum Gasteiger partial charge on any atom is 0.364 e. The zero-order valence-electron chi connectivity index (χ0n) is 15.0. The maximum atomic E-state index is 12.5. The first-order valence-corrected chi connectivity index (χ1v) is 8.89. The van der Waals surface area contributed by atoms with Crippen LogP contribution in [0.4, 0.5) is 4.79 Å². The lowest BCUT2D eigenvalue weighted by molar-refractivity contribution is -0.142. The van der Waals surface area contributed by atoms with Gasteiger partial charge < -0.3 is 9.64 Å². The van der Waals surface area contributed by atoms with Crippen LogP contribution in [0.1, 0.15) is 33.1 Å². The number of hydrogen-bond donors (Lipinski definition) is 2. The molecule has 2 saturated heterocycles. The van der Waals surface area contributed by atoms with Crippen molar-refractivity contribution < 1.29 is 23.9 Å². The standard InChI is InChI=1S/C16H18N2O5S.C2H6/c1-2-3-10(9-23-16(22)24)8-11-6-7-18(15(11)21)12-4-5-13(19)17-14(12)20;1-2/h2-3,8,12H,1,4-7,9H2,(H,22,24)(H,17,19,20);1-2H3/b10-3+,11-8+;. The molecule has 2 aliphatic heterocycles. The first-order chi connectivity index (χ1) is 12.4. The van der Waals surface area contributed by atoms with Crippen LogP contribution in [0.2, 0.25) is 0 Å².